The van der Waals surface area contributed by atoms with Gasteiger partial charge in [0.15, 0.2) is 0 Å². The van der Waals surface area contributed by atoms with Crippen LogP contribution < -0.4 is 0 Å². The number of imide groups is 1. The van der Waals surface area contributed by atoms with Crippen molar-refractivity contribution in [3.8, 4) is 11.3 Å². The molecule has 150 valence electrons. The summed E-state index contributed by atoms with van der Waals surface area (Å²) in [5.41, 5.74) is 0.918. The molecule has 30 heavy (non-hydrogen) atoms. The van der Waals surface area contributed by atoms with Crippen LogP contribution >= 0.6 is 0 Å². The number of furan rings is 1. The van der Waals surface area contributed by atoms with Crippen LogP contribution in [0.15, 0.2) is 58.1 Å². The van der Waals surface area contributed by atoms with Crippen molar-refractivity contribution in [1.82, 2.24) is 5.01 Å². The van der Waals surface area contributed by atoms with E-state index < -0.39 is 5.97 Å². The zero-order chi connectivity index (χ0) is 20.6. The first-order valence-electron chi connectivity index (χ1n) is 10.1. The molecule has 7 rings (SSSR count). The molecule has 1 aromatic heterocycles. The molecule has 3 fully saturated rings. The molecule has 2 saturated carbocycles. The van der Waals surface area contributed by atoms with E-state index in [-0.39, 0.29) is 41.0 Å². The van der Waals surface area contributed by atoms with Gasteiger partial charge in [0.1, 0.15) is 11.5 Å². The third kappa shape index (κ3) is 2.38. The Hall–Kier alpha value is -3.48. The van der Waals surface area contributed by atoms with Gasteiger partial charge in [-0.05, 0) is 54.4 Å². The maximum Gasteiger partial charge on any atom is 0.335 e. The highest BCUT2D eigenvalue weighted by atomic mass is 16.4. The van der Waals surface area contributed by atoms with Gasteiger partial charge in [0.25, 0.3) is 11.8 Å². The fourth-order valence-corrected chi connectivity index (χ4v) is 5.52. The van der Waals surface area contributed by atoms with Crippen LogP contribution in [0.2, 0.25) is 0 Å². The summed E-state index contributed by atoms with van der Waals surface area (Å²) in [4.78, 5) is 36.8. The van der Waals surface area contributed by atoms with Crippen molar-refractivity contribution in [2.75, 3.05) is 0 Å². The fourth-order valence-electron chi connectivity index (χ4n) is 5.52. The number of carbonyl (C=O) groups is 3. The van der Waals surface area contributed by atoms with Crippen molar-refractivity contribution in [2.45, 2.75) is 6.42 Å². The first-order chi connectivity index (χ1) is 14.5. The number of carboxylic acid groups (broad SMARTS) is 1. The Morgan fingerprint density at radius 2 is 1.63 bits per heavy atom. The minimum atomic E-state index is -0.990. The molecule has 5 aliphatic rings. The van der Waals surface area contributed by atoms with E-state index in [1.54, 1.807) is 24.3 Å². The third-order valence-corrected chi connectivity index (χ3v) is 6.98. The quantitative estimate of drug-likeness (QED) is 0.481. The molecular formula is C23H18N2O5. The molecule has 2 bridgehead atoms. The molecule has 2 aromatic rings. The average molecular weight is 402 g/mol. The molecule has 1 N–H and O–H groups in total. The summed E-state index contributed by atoms with van der Waals surface area (Å²) < 4.78 is 5.74. The number of hydrazone groups is 1. The van der Waals surface area contributed by atoms with Gasteiger partial charge in [-0.3, -0.25) is 9.59 Å². The summed E-state index contributed by atoms with van der Waals surface area (Å²) >= 11 is 0. The second-order valence-electron chi connectivity index (χ2n) is 8.47. The lowest BCUT2D eigenvalue weighted by atomic mass is 9.63. The number of hydrogen-bond donors (Lipinski definition) is 1. The number of aromatic carboxylic acids is 1. The Morgan fingerprint density at radius 1 is 1.00 bits per heavy atom. The third-order valence-electron chi connectivity index (χ3n) is 6.98. The molecule has 0 spiro atoms. The SMILES string of the molecule is O=C(O)c1ccc(-c2ccc(C=NN3C(=O)[C@@H]4[C@H]5C=C[C@@H]([C@@H]6C[C@@H]56)[C@H]4C3=O)o2)cc1. The Balaban J connectivity index is 1.22. The number of allylic oxidation sites excluding steroid dienone is 2. The van der Waals surface area contributed by atoms with Gasteiger partial charge in [-0.1, -0.05) is 24.3 Å². The highest BCUT2D eigenvalue weighted by molar-refractivity contribution is 6.06. The van der Waals surface area contributed by atoms with Crippen molar-refractivity contribution in [3.63, 3.8) is 0 Å². The van der Waals surface area contributed by atoms with Crippen LogP contribution in [0.25, 0.3) is 11.3 Å². The summed E-state index contributed by atoms with van der Waals surface area (Å²) in [7, 11) is 0. The number of benzene rings is 1. The minimum absolute atomic E-state index is 0.172. The molecule has 4 aliphatic carbocycles. The van der Waals surface area contributed by atoms with Gasteiger partial charge in [-0.25, -0.2) is 4.79 Å². The molecular weight excluding hydrogens is 384 g/mol. The summed E-state index contributed by atoms with van der Waals surface area (Å²) in [6.45, 7) is 0. The maximum absolute atomic E-state index is 12.9. The molecule has 1 aliphatic heterocycles. The lowest BCUT2D eigenvalue weighted by Gasteiger charge is -2.37. The van der Waals surface area contributed by atoms with Crippen LogP contribution in [0, 0.1) is 35.5 Å². The zero-order valence-electron chi connectivity index (χ0n) is 15.8. The Labute approximate surface area is 171 Å². The van der Waals surface area contributed by atoms with E-state index >= 15 is 0 Å². The van der Waals surface area contributed by atoms with Gasteiger partial charge in [-0.15, -0.1) is 0 Å². The summed E-state index contributed by atoms with van der Waals surface area (Å²) in [5, 5.41) is 14.2. The van der Waals surface area contributed by atoms with Crippen molar-refractivity contribution in [3.05, 3.63) is 59.9 Å². The van der Waals surface area contributed by atoms with Gasteiger partial charge >= 0.3 is 5.97 Å². The van der Waals surface area contributed by atoms with E-state index in [9.17, 15) is 14.4 Å². The van der Waals surface area contributed by atoms with Crippen LogP contribution in [-0.2, 0) is 9.59 Å². The normalized spacial score (nSPS) is 33.3. The molecule has 7 nitrogen and oxygen atoms in total. The van der Waals surface area contributed by atoms with Gasteiger partial charge in [-0.2, -0.15) is 10.1 Å². The standard InChI is InChI=1S/C23H18N2O5/c26-21-19-14-6-7-15(17-9-16(14)17)20(19)22(27)25(21)24-10-13-5-8-18(30-13)11-1-3-12(4-2-11)23(28)29/h1-8,10,14-17,19-20H,9H2,(H,28,29)/t14-,15-,16-,17-,19+,20+/m0/s1. The fraction of sp³-hybridized carbons (Fsp3) is 0.304. The number of rotatable bonds is 4. The minimum Gasteiger partial charge on any atom is -0.478 e. The number of carbonyl (C=O) groups excluding carboxylic acids is 2. The first kappa shape index (κ1) is 17.4. The van der Waals surface area contributed by atoms with Crippen LogP contribution in [0.4, 0.5) is 0 Å². The predicted molar refractivity (Wildman–Crippen MR) is 105 cm³/mol. The van der Waals surface area contributed by atoms with Gasteiger partial charge < -0.3 is 9.52 Å². The molecule has 1 saturated heterocycles. The van der Waals surface area contributed by atoms with Crippen LogP contribution in [0.5, 0.6) is 0 Å². The molecule has 0 unspecified atom stereocenters. The Kier molecular flexibility index (Phi) is 3.48. The molecule has 0 radical (unpaired) electrons. The predicted octanol–water partition coefficient (Wildman–Crippen LogP) is 3.03. The number of amides is 2. The lowest BCUT2D eigenvalue weighted by Crippen LogP contribution is -2.40. The zero-order valence-corrected chi connectivity index (χ0v) is 15.8. The molecule has 2 heterocycles. The summed E-state index contributed by atoms with van der Waals surface area (Å²) in [6.07, 6.45) is 6.78. The second kappa shape index (κ2) is 6.01. The molecule has 7 heteroatoms. The molecule has 2 amide bonds. The number of carboxylic acids is 1. The largest absolute Gasteiger partial charge is 0.478 e. The highest BCUT2D eigenvalue weighted by Crippen LogP contribution is 2.65. The van der Waals surface area contributed by atoms with E-state index in [0.717, 1.165) is 17.0 Å². The van der Waals surface area contributed by atoms with Gasteiger partial charge in [0.2, 0.25) is 0 Å². The van der Waals surface area contributed by atoms with Crippen molar-refractivity contribution >= 4 is 24.0 Å². The smallest absolute Gasteiger partial charge is 0.335 e. The van der Waals surface area contributed by atoms with E-state index in [1.807, 2.05) is 0 Å². The van der Waals surface area contributed by atoms with E-state index in [1.165, 1.54) is 18.3 Å². The molecule has 1 aromatic carbocycles. The number of hydrogen-bond acceptors (Lipinski definition) is 5. The van der Waals surface area contributed by atoms with Crippen LogP contribution in [0.1, 0.15) is 22.5 Å². The second-order valence-corrected chi connectivity index (χ2v) is 8.47. The van der Waals surface area contributed by atoms with Crippen molar-refractivity contribution in [1.29, 1.82) is 0 Å². The Bertz CT molecular complexity index is 1110. The number of nitrogens with zero attached hydrogens (tertiary/aromatic N) is 2. The van der Waals surface area contributed by atoms with E-state index in [4.69, 9.17) is 9.52 Å². The lowest BCUT2D eigenvalue weighted by molar-refractivity contribution is -0.140. The average Bonchev–Trinajstić information content (AvgIpc) is 3.39. The van der Waals surface area contributed by atoms with Crippen LogP contribution in [0.3, 0.4) is 0 Å². The van der Waals surface area contributed by atoms with Crippen LogP contribution in [-0.4, -0.2) is 34.1 Å². The van der Waals surface area contributed by atoms with Gasteiger partial charge in [0.05, 0.1) is 23.6 Å². The highest BCUT2D eigenvalue weighted by Gasteiger charge is 2.67. The Morgan fingerprint density at radius 3 is 2.23 bits per heavy atom. The van der Waals surface area contributed by atoms with E-state index in [2.05, 4.69) is 17.3 Å². The van der Waals surface area contributed by atoms with E-state index in [0.29, 0.717) is 23.4 Å². The first-order valence-corrected chi connectivity index (χ1v) is 10.1. The summed E-state index contributed by atoms with van der Waals surface area (Å²) in [5.74, 6) is 0.469. The summed E-state index contributed by atoms with van der Waals surface area (Å²) in [6, 6.07) is 9.77. The van der Waals surface area contributed by atoms with Gasteiger partial charge in [0, 0.05) is 5.56 Å². The van der Waals surface area contributed by atoms with Crippen molar-refractivity contribution < 1.29 is 23.9 Å². The monoisotopic (exact) mass is 402 g/mol. The topological polar surface area (TPSA) is 100 Å². The maximum atomic E-state index is 12.9. The molecule has 6 atom stereocenters. The van der Waals surface area contributed by atoms with Crippen molar-refractivity contribution in [2.24, 2.45) is 40.6 Å².